The fourth-order valence-electron chi connectivity index (χ4n) is 1.22. The van der Waals surface area contributed by atoms with Gasteiger partial charge in [-0.1, -0.05) is 0 Å². The van der Waals surface area contributed by atoms with Gasteiger partial charge in [-0.2, -0.15) is 0 Å². The summed E-state index contributed by atoms with van der Waals surface area (Å²) < 4.78 is 3.41. The van der Waals surface area contributed by atoms with Crippen molar-refractivity contribution >= 4 is 71.4 Å². The Labute approximate surface area is 140 Å². The molecule has 0 unspecified atom stereocenters. The number of hydrogen-bond donors (Lipinski definition) is 0. The molecule has 0 aliphatic heterocycles. The molecule has 0 bridgehead atoms. The van der Waals surface area contributed by atoms with Crippen LogP contribution in [0.1, 0.15) is 0 Å². The molecule has 0 N–H and O–H groups in total. The van der Waals surface area contributed by atoms with Crippen molar-refractivity contribution in [2.45, 2.75) is 22.8 Å². The van der Waals surface area contributed by atoms with Crippen LogP contribution in [0.4, 0.5) is 0 Å². The Kier molecular flexibility index (Phi) is 15.0. The van der Waals surface area contributed by atoms with Crippen molar-refractivity contribution in [3.8, 4) is 0 Å². The van der Waals surface area contributed by atoms with Gasteiger partial charge in [0, 0.05) is 0 Å². The van der Waals surface area contributed by atoms with Crippen molar-refractivity contribution in [3.05, 3.63) is 24.3 Å². The first-order valence-corrected chi connectivity index (χ1v) is 20.0. The molecule has 1 rings (SSSR count). The third-order valence-electron chi connectivity index (χ3n) is 1.85. The quantitative estimate of drug-likeness (QED) is 0.301. The van der Waals surface area contributed by atoms with E-state index in [9.17, 15) is 0 Å². The average molecular weight is 612 g/mol. The molecule has 15 heavy (non-hydrogen) atoms. The third kappa shape index (κ3) is 7.38. The standard InChI is InChI=1S/C10H16As2.GeI.HI/c1-11(2)9-7-5-6-8-10(9)12(3)4;1-2;/h5-8H,1-4H3;;1H/q+2;;/p-1. The molecule has 0 fully saturated rings. The summed E-state index contributed by atoms with van der Waals surface area (Å²) in [6.07, 6.45) is 0. The Hall–Kier alpha value is 2.34. The minimum atomic E-state index is -0.651. The van der Waals surface area contributed by atoms with Crippen LogP contribution < -0.4 is 32.7 Å². The maximum Gasteiger partial charge on any atom is -1.00 e. The second-order valence-corrected chi connectivity index (χ2v) is 12.8. The van der Waals surface area contributed by atoms with Crippen molar-refractivity contribution in [1.82, 2.24) is 0 Å². The monoisotopic (exact) mass is 614 g/mol. The van der Waals surface area contributed by atoms with Crippen LogP contribution in [0.15, 0.2) is 24.3 Å². The van der Waals surface area contributed by atoms with Gasteiger partial charge in [-0.3, -0.25) is 0 Å². The SMILES string of the molecule is C[As+](C)c1ccccc1[As+](C)C.[Ge][I].[I-]. The zero-order valence-electron chi connectivity index (χ0n) is 9.46. The molecule has 83 valence electrons. The summed E-state index contributed by atoms with van der Waals surface area (Å²) in [6, 6.07) is 9.05. The van der Waals surface area contributed by atoms with Gasteiger partial charge in [0.15, 0.2) is 0 Å². The Morgan fingerprint density at radius 2 is 1.13 bits per heavy atom. The fraction of sp³-hybridized carbons (Fsp3) is 0.400. The van der Waals surface area contributed by atoms with Gasteiger partial charge in [0.2, 0.25) is 0 Å². The number of rotatable bonds is 2. The molecule has 0 saturated heterocycles. The summed E-state index contributed by atoms with van der Waals surface area (Å²) >= 11 is 2.82. The average Bonchev–Trinajstić information content (AvgIpc) is 2.20. The molecular weight excluding hydrogens is 596 g/mol. The van der Waals surface area contributed by atoms with E-state index < -0.39 is 29.3 Å². The Bertz CT molecular complexity index is 240. The van der Waals surface area contributed by atoms with E-state index in [4.69, 9.17) is 0 Å². The van der Waals surface area contributed by atoms with Gasteiger partial charge in [-0.15, -0.1) is 0 Å². The van der Waals surface area contributed by atoms with Gasteiger partial charge in [0.25, 0.3) is 0 Å². The minimum absolute atomic E-state index is 0. The van der Waals surface area contributed by atoms with Gasteiger partial charge in [-0.05, 0) is 0 Å². The summed E-state index contributed by atoms with van der Waals surface area (Å²) in [5, 5.41) is 0. The largest absolute Gasteiger partial charge is 1.00 e. The zero-order valence-corrected chi connectivity index (χ0v) is 19.6. The van der Waals surface area contributed by atoms with Crippen molar-refractivity contribution in [2.24, 2.45) is 0 Å². The van der Waals surface area contributed by atoms with E-state index in [2.05, 4.69) is 67.3 Å². The van der Waals surface area contributed by atoms with E-state index in [1.54, 1.807) is 8.70 Å². The summed E-state index contributed by atoms with van der Waals surface area (Å²) in [6.45, 7) is 0. The molecule has 5 radical (unpaired) electrons. The second-order valence-electron chi connectivity index (χ2n) is 3.28. The van der Waals surface area contributed by atoms with Crippen LogP contribution >= 0.6 is 20.2 Å². The zero-order chi connectivity index (χ0) is 11.1. The second kappa shape index (κ2) is 11.4. The van der Waals surface area contributed by atoms with Crippen LogP contribution in [0.2, 0.25) is 22.8 Å². The van der Waals surface area contributed by atoms with E-state index >= 15 is 0 Å². The van der Waals surface area contributed by atoms with Crippen molar-refractivity contribution in [3.63, 3.8) is 0 Å². The molecule has 0 heterocycles. The molecule has 0 nitrogen and oxygen atoms in total. The van der Waals surface area contributed by atoms with E-state index in [1.807, 2.05) is 13.2 Å². The van der Waals surface area contributed by atoms with E-state index in [0.717, 1.165) is 0 Å². The number of benzene rings is 1. The maximum atomic E-state index is 2.42. The molecule has 0 atom stereocenters. The Balaban J connectivity index is 0. The fourth-order valence-corrected chi connectivity index (χ4v) is 9.43. The Morgan fingerprint density at radius 3 is 1.33 bits per heavy atom. The molecule has 0 aliphatic rings. The van der Waals surface area contributed by atoms with Gasteiger partial charge in [0.1, 0.15) is 0 Å². The van der Waals surface area contributed by atoms with E-state index in [1.165, 1.54) is 0 Å². The summed E-state index contributed by atoms with van der Waals surface area (Å²) in [4.78, 5) is 0. The van der Waals surface area contributed by atoms with Crippen LogP contribution in [0.25, 0.3) is 0 Å². The van der Waals surface area contributed by atoms with Crippen LogP contribution in [0.3, 0.4) is 0 Å². The predicted molar refractivity (Wildman–Crippen MR) is 80.4 cm³/mol. The predicted octanol–water partition coefficient (Wildman–Crippen LogP) is -0.882. The first-order chi connectivity index (χ1) is 6.63. The van der Waals surface area contributed by atoms with Crippen molar-refractivity contribution < 1.29 is 24.0 Å². The van der Waals surface area contributed by atoms with E-state index in [0.29, 0.717) is 0 Å². The van der Waals surface area contributed by atoms with Crippen LogP contribution in [0, 0.1) is 0 Å². The topological polar surface area (TPSA) is 0 Å². The smallest absolute Gasteiger partial charge is 1.00 e. The van der Waals surface area contributed by atoms with Gasteiger partial charge < -0.3 is 24.0 Å². The maximum absolute atomic E-state index is 2.42. The summed E-state index contributed by atoms with van der Waals surface area (Å²) in [5.41, 5.74) is 9.68. The molecule has 1 aromatic rings. The number of hydrogen-bond acceptors (Lipinski definition) is 0. The molecular formula is C10H16As2GeI2+. The molecule has 1 aromatic carbocycles. The molecule has 0 spiro atoms. The van der Waals surface area contributed by atoms with Crippen molar-refractivity contribution in [1.29, 1.82) is 0 Å². The van der Waals surface area contributed by atoms with Gasteiger partial charge in [0.05, 0.1) is 0 Å². The van der Waals surface area contributed by atoms with Gasteiger partial charge in [-0.25, -0.2) is 0 Å². The minimum Gasteiger partial charge on any atom is -1.00 e. The van der Waals surface area contributed by atoms with Crippen LogP contribution in [-0.4, -0.2) is 42.5 Å². The summed E-state index contributed by atoms with van der Waals surface area (Å²) in [7, 11) is 0. The van der Waals surface area contributed by atoms with Crippen LogP contribution in [0.5, 0.6) is 0 Å². The molecule has 5 heteroatoms. The molecule has 0 aliphatic carbocycles. The van der Waals surface area contributed by atoms with Gasteiger partial charge >= 0.3 is 119 Å². The van der Waals surface area contributed by atoms with Crippen molar-refractivity contribution in [2.75, 3.05) is 0 Å². The van der Waals surface area contributed by atoms with E-state index in [-0.39, 0.29) is 24.0 Å². The first kappa shape index (κ1) is 19.7. The van der Waals surface area contributed by atoms with Crippen LogP contribution in [-0.2, 0) is 0 Å². The third-order valence-corrected chi connectivity index (χ3v) is 8.36. The Morgan fingerprint density at radius 1 is 0.867 bits per heavy atom. The molecule has 0 saturated carbocycles. The summed E-state index contributed by atoms with van der Waals surface area (Å²) in [5.74, 6) is 0. The first-order valence-electron chi connectivity index (χ1n) is 4.25. The number of halogens is 2. The molecule has 0 amide bonds. The normalized spacial score (nSPS) is 9.33. The molecule has 0 aromatic heterocycles.